The van der Waals surface area contributed by atoms with E-state index in [1.807, 2.05) is 12.4 Å². The molecule has 16 heavy (non-hydrogen) atoms. The highest BCUT2D eigenvalue weighted by Gasteiger charge is 2.13. The van der Waals surface area contributed by atoms with Gasteiger partial charge in [0.25, 0.3) is 0 Å². The normalized spacial score (nSPS) is 15.0. The third-order valence-electron chi connectivity index (χ3n) is 2.51. The van der Waals surface area contributed by atoms with Gasteiger partial charge in [0.05, 0.1) is 23.9 Å². The Morgan fingerprint density at radius 3 is 2.75 bits per heavy atom. The molecule has 2 atom stereocenters. The van der Waals surface area contributed by atoms with Gasteiger partial charge in [0, 0.05) is 31.7 Å². The fraction of sp³-hybridized carbons (Fsp3) is 0.727. The Morgan fingerprint density at radius 1 is 1.50 bits per heavy atom. The van der Waals surface area contributed by atoms with E-state index in [4.69, 9.17) is 9.47 Å². The van der Waals surface area contributed by atoms with E-state index >= 15 is 0 Å². The molecule has 0 saturated heterocycles. The summed E-state index contributed by atoms with van der Waals surface area (Å²) in [6.45, 7) is 5.56. The molecule has 0 fully saturated rings. The Labute approximate surface area is 101 Å². The highest BCUT2D eigenvalue weighted by molar-refractivity contribution is 7.09. The predicted octanol–water partition coefficient (Wildman–Crippen LogP) is 1.76. The minimum Gasteiger partial charge on any atom is -0.382 e. The van der Waals surface area contributed by atoms with Crippen LogP contribution in [0.2, 0.25) is 0 Å². The van der Waals surface area contributed by atoms with Crippen molar-refractivity contribution in [3.63, 3.8) is 0 Å². The maximum atomic E-state index is 5.29. The van der Waals surface area contributed by atoms with Crippen molar-refractivity contribution in [1.29, 1.82) is 0 Å². The molecule has 2 unspecified atom stereocenters. The lowest BCUT2D eigenvalue weighted by Gasteiger charge is -2.18. The van der Waals surface area contributed by atoms with Crippen LogP contribution in [0.1, 0.15) is 23.5 Å². The Morgan fingerprint density at radius 2 is 2.25 bits per heavy atom. The first-order valence-corrected chi connectivity index (χ1v) is 6.22. The van der Waals surface area contributed by atoms with Gasteiger partial charge in [-0.3, -0.25) is 0 Å². The van der Waals surface area contributed by atoms with E-state index < -0.39 is 0 Å². The molecule has 0 amide bonds. The Balaban J connectivity index is 2.40. The molecular formula is C11H20N2O2S. The van der Waals surface area contributed by atoms with Crippen LogP contribution in [0, 0.1) is 6.92 Å². The van der Waals surface area contributed by atoms with Crippen LogP contribution in [0.15, 0.2) is 5.51 Å². The van der Waals surface area contributed by atoms with E-state index in [-0.39, 0.29) is 6.10 Å². The van der Waals surface area contributed by atoms with Gasteiger partial charge < -0.3 is 14.8 Å². The summed E-state index contributed by atoms with van der Waals surface area (Å²) in [5, 5.41) is 3.43. The number of nitrogens with one attached hydrogen (secondary N) is 1. The molecule has 0 aliphatic carbocycles. The van der Waals surface area contributed by atoms with E-state index in [2.05, 4.69) is 17.2 Å². The van der Waals surface area contributed by atoms with Crippen molar-refractivity contribution < 1.29 is 9.47 Å². The van der Waals surface area contributed by atoms with Crippen LogP contribution >= 0.6 is 11.3 Å². The summed E-state index contributed by atoms with van der Waals surface area (Å²) in [5.41, 5.74) is 2.98. The van der Waals surface area contributed by atoms with Crippen molar-refractivity contribution in [3.8, 4) is 0 Å². The molecule has 1 rings (SSSR count). The van der Waals surface area contributed by atoms with Crippen LogP contribution in [0.3, 0.4) is 0 Å². The summed E-state index contributed by atoms with van der Waals surface area (Å²) >= 11 is 1.68. The number of hydrogen-bond acceptors (Lipinski definition) is 5. The minimum absolute atomic E-state index is 0.0978. The average Bonchev–Trinajstić information content (AvgIpc) is 2.70. The lowest BCUT2D eigenvalue weighted by Crippen LogP contribution is -2.33. The maximum Gasteiger partial charge on any atom is 0.0928 e. The van der Waals surface area contributed by atoms with Crippen molar-refractivity contribution in [3.05, 3.63) is 16.1 Å². The monoisotopic (exact) mass is 244 g/mol. The lowest BCUT2D eigenvalue weighted by molar-refractivity contribution is 0.0277. The molecule has 5 heteroatoms. The topological polar surface area (TPSA) is 43.4 Å². The summed E-state index contributed by atoms with van der Waals surface area (Å²) in [6, 6.07) is 0.307. The van der Waals surface area contributed by atoms with Gasteiger partial charge in [-0.1, -0.05) is 0 Å². The second-order valence-electron chi connectivity index (χ2n) is 3.75. The fourth-order valence-corrected chi connectivity index (χ4v) is 2.36. The highest BCUT2D eigenvalue weighted by Crippen LogP contribution is 2.20. The number of aryl methyl sites for hydroxylation is 1. The molecule has 0 aliphatic rings. The fourth-order valence-electron chi connectivity index (χ4n) is 1.52. The average molecular weight is 244 g/mol. The van der Waals surface area contributed by atoms with Gasteiger partial charge in [-0.2, -0.15) is 0 Å². The first-order chi connectivity index (χ1) is 7.69. The Kier molecular flexibility index (Phi) is 5.90. The molecule has 1 heterocycles. The summed E-state index contributed by atoms with van der Waals surface area (Å²) < 4.78 is 10.4. The zero-order valence-corrected chi connectivity index (χ0v) is 11.1. The third kappa shape index (κ3) is 3.83. The Hall–Kier alpha value is -0.490. The number of rotatable bonds is 7. The van der Waals surface area contributed by atoms with E-state index in [1.165, 1.54) is 4.88 Å². The largest absolute Gasteiger partial charge is 0.382 e. The molecular weight excluding hydrogens is 224 g/mol. The SMILES string of the molecule is COCC(CNC(C)c1scnc1C)OC. The van der Waals surface area contributed by atoms with E-state index in [0.717, 1.165) is 12.2 Å². The first-order valence-electron chi connectivity index (χ1n) is 5.34. The lowest BCUT2D eigenvalue weighted by atomic mass is 10.2. The van der Waals surface area contributed by atoms with Crippen LogP contribution in [-0.2, 0) is 9.47 Å². The number of aromatic nitrogens is 1. The van der Waals surface area contributed by atoms with Crippen molar-refractivity contribution >= 4 is 11.3 Å². The highest BCUT2D eigenvalue weighted by atomic mass is 32.1. The van der Waals surface area contributed by atoms with Gasteiger partial charge in [0.1, 0.15) is 0 Å². The van der Waals surface area contributed by atoms with E-state index in [0.29, 0.717) is 12.6 Å². The molecule has 1 aromatic heterocycles. The van der Waals surface area contributed by atoms with E-state index in [1.54, 1.807) is 25.6 Å². The van der Waals surface area contributed by atoms with Gasteiger partial charge in [-0.05, 0) is 13.8 Å². The Bertz CT molecular complexity index is 304. The second kappa shape index (κ2) is 6.96. The smallest absolute Gasteiger partial charge is 0.0928 e. The van der Waals surface area contributed by atoms with Crippen molar-refractivity contribution in [1.82, 2.24) is 10.3 Å². The van der Waals surface area contributed by atoms with Crippen LogP contribution in [0.4, 0.5) is 0 Å². The molecule has 0 aliphatic heterocycles. The maximum absolute atomic E-state index is 5.29. The van der Waals surface area contributed by atoms with Crippen molar-refractivity contribution in [2.45, 2.75) is 26.0 Å². The van der Waals surface area contributed by atoms with E-state index in [9.17, 15) is 0 Å². The number of thiazole rings is 1. The summed E-state index contributed by atoms with van der Waals surface area (Å²) in [6.07, 6.45) is 0.0978. The first kappa shape index (κ1) is 13.6. The summed E-state index contributed by atoms with van der Waals surface area (Å²) in [5.74, 6) is 0. The second-order valence-corrected chi connectivity index (χ2v) is 4.63. The van der Waals surface area contributed by atoms with Gasteiger partial charge >= 0.3 is 0 Å². The van der Waals surface area contributed by atoms with Gasteiger partial charge in [-0.25, -0.2) is 4.98 Å². The van der Waals surface area contributed by atoms with Crippen LogP contribution in [0.5, 0.6) is 0 Å². The molecule has 1 aromatic rings. The molecule has 0 spiro atoms. The molecule has 1 N–H and O–H groups in total. The minimum atomic E-state index is 0.0978. The van der Waals surface area contributed by atoms with Gasteiger partial charge in [0.15, 0.2) is 0 Å². The van der Waals surface area contributed by atoms with Gasteiger partial charge in [0.2, 0.25) is 0 Å². The zero-order valence-electron chi connectivity index (χ0n) is 10.3. The molecule has 0 aromatic carbocycles. The molecule has 0 radical (unpaired) electrons. The molecule has 4 nitrogen and oxygen atoms in total. The molecule has 0 saturated carbocycles. The van der Waals surface area contributed by atoms with Crippen LogP contribution < -0.4 is 5.32 Å². The van der Waals surface area contributed by atoms with Gasteiger partial charge in [-0.15, -0.1) is 11.3 Å². The summed E-state index contributed by atoms with van der Waals surface area (Å²) in [4.78, 5) is 5.53. The van der Waals surface area contributed by atoms with Crippen LogP contribution in [-0.4, -0.2) is 38.5 Å². The number of ether oxygens (including phenoxy) is 2. The third-order valence-corrected chi connectivity index (χ3v) is 3.63. The number of methoxy groups -OCH3 is 2. The quantitative estimate of drug-likeness (QED) is 0.794. The summed E-state index contributed by atoms with van der Waals surface area (Å²) in [7, 11) is 3.39. The number of hydrogen-bond donors (Lipinski definition) is 1. The van der Waals surface area contributed by atoms with Crippen molar-refractivity contribution in [2.24, 2.45) is 0 Å². The number of nitrogens with zero attached hydrogens (tertiary/aromatic N) is 1. The van der Waals surface area contributed by atoms with Crippen LogP contribution in [0.25, 0.3) is 0 Å². The van der Waals surface area contributed by atoms with Crippen molar-refractivity contribution in [2.75, 3.05) is 27.4 Å². The zero-order chi connectivity index (χ0) is 12.0. The predicted molar refractivity (Wildman–Crippen MR) is 65.9 cm³/mol. The standard InChI is InChI=1S/C11H20N2O2S/c1-8(11-9(2)13-7-16-11)12-5-10(15-4)6-14-3/h7-8,10,12H,5-6H2,1-4H3. The molecule has 0 bridgehead atoms. The molecule has 92 valence electrons.